The van der Waals surface area contributed by atoms with E-state index in [-0.39, 0.29) is 11.9 Å². The Morgan fingerprint density at radius 2 is 2.15 bits per heavy atom. The predicted octanol–water partition coefficient (Wildman–Crippen LogP) is 1.53. The summed E-state index contributed by atoms with van der Waals surface area (Å²) in [5.74, 6) is 0.0258. The van der Waals surface area contributed by atoms with Crippen molar-refractivity contribution in [3.8, 4) is 0 Å². The van der Waals surface area contributed by atoms with Crippen LogP contribution in [-0.4, -0.2) is 36.5 Å². The highest BCUT2D eigenvalue weighted by atomic mass is 16.2. The third kappa shape index (κ3) is 5.55. The van der Waals surface area contributed by atoms with Crippen molar-refractivity contribution < 1.29 is 4.79 Å². The normalized spacial score (nSPS) is 12.2. The van der Waals surface area contributed by atoms with Crippen LogP contribution >= 0.6 is 0 Å². The van der Waals surface area contributed by atoms with Gasteiger partial charge in [-0.05, 0) is 25.5 Å². The van der Waals surface area contributed by atoms with Crippen molar-refractivity contribution in [1.82, 2.24) is 10.2 Å². The van der Waals surface area contributed by atoms with Crippen molar-refractivity contribution in [3.63, 3.8) is 0 Å². The van der Waals surface area contributed by atoms with Gasteiger partial charge in [0.25, 0.3) is 0 Å². The molecule has 0 aliphatic rings. The molecule has 0 bridgehead atoms. The molecule has 1 amide bonds. The summed E-state index contributed by atoms with van der Waals surface area (Å²) in [6, 6.07) is 9.99. The van der Waals surface area contributed by atoms with Gasteiger partial charge in [-0.3, -0.25) is 9.69 Å². The number of amides is 1. The van der Waals surface area contributed by atoms with E-state index in [0.29, 0.717) is 13.1 Å². The van der Waals surface area contributed by atoms with E-state index in [1.807, 2.05) is 25.1 Å². The summed E-state index contributed by atoms with van der Waals surface area (Å²) in [7, 11) is 0. The molecular formula is C16H25N3O. The molecule has 0 spiro atoms. The number of rotatable bonds is 9. The smallest absolute Gasteiger partial charge is 0.237 e. The maximum atomic E-state index is 12.1. The molecule has 0 radical (unpaired) electrons. The van der Waals surface area contributed by atoms with Crippen molar-refractivity contribution in [2.24, 2.45) is 5.73 Å². The molecule has 0 aliphatic carbocycles. The first-order valence-corrected chi connectivity index (χ1v) is 7.05. The van der Waals surface area contributed by atoms with Crippen LogP contribution in [0.2, 0.25) is 0 Å². The van der Waals surface area contributed by atoms with Gasteiger partial charge < -0.3 is 11.1 Å². The quantitative estimate of drug-likeness (QED) is 0.672. The number of hydrogen-bond donors (Lipinski definition) is 2. The number of hydrogen-bond acceptors (Lipinski definition) is 3. The molecular weight excluding hydrogens is 250 g/mol. The fourth-order valence-corrected chi connectivity index (χ4v) is 2.01. The maximum absolute atomic E-state index is 12.1. The third-order valence-corrected chi connectivity index (χ3v) is 3.23. The van der Waals surface area contributed by atoms with Crippen molar-refractivity contribution in [3.05, 3.63) is 48.6 Å². The van der Waals surface area contributed by atoms with Gasteiger partial charge in [0, 0.05) is 19.6 Å². The van der Waals surface area contributed by atoms with Gasteiger partial charge in [-0.15, -0.1) is 6.58 Å². The second-order valence-electron chi connectivity index (χ2n) is 4.81. The number of nitrogens with zero attached hydrogens (tertiary/aromatic N) is 1. The van der Waals surface area contributed by atoms with Crippen LogP contribution < -0.4 is 11.1 Å². The van der Waals surface area contributed by atoms with Crippen LogP contribution in [0.25, 0.3) is 0 Å². The third-order valence-electron chi connectivity index (χ3n) is 3.23. The van der Waals surface area contributed by atoms with Crippen molar-refractivity contribution in [2.75, 3.05) is 19.6 Å². The molecule has 0 saturated heterocycles. The summed E-state index contributed by atoms with van der Waals surface area (Å²) in [4.78, 5) is 14.2. The Morgan fingerprint density at radius 3 is 2.75 bits per heavy atom. The fourth-order valence-electron chi connectivity index (χ4n) is 2.01. The van der Waals surface area contributed by atoms with Gasteiger partial charge in [-0.2, -0.15) is 0 Å². The van der Waals surface area contributed by atoms with Crippen molar-refractivity contribution >= 4 is 5.91 Å². The predicted molar refractivity (Wildman–Crippen MR) is 83.2 cm³/mol. The Balaban J connectivity index is 2.67. The van der Waals surface area contributed by atoms with Crippen LogP contribution in [0.1, 0.15) is 18.9 Å². The second kappa shape index (κ2) is 9.28. The summed E-state index contributed by atoms with van der Waals surface area (Å²) < 4.78 is 0. The van der Waals surface area contributed by atoms with Crippen LogP contribution in [0.4, 0.5) is 0 Å². The van der Waals surface area contributed by atoms with Gasteiger partial charge >= 0.3 is 0 Å². The van der Waals surface area contributed by atoms with E-state index in [1.54, 1.807) is 6.08 Å². The lowest BCUT2D eigenvalue weighted by Gasteiger charge is -2.28. The Bertz CT molecular complexity index is 405. The van der Waals surface area contributed by atoms with Gasteiger partial charge in [0.2, 0.25) is 5.91 Å². The minimum Gasteiger partial charge on any atom is -0.351 e. The lowest BCUT2D eigenvalue weighted by Crippen LogP contribution is -2.45. The van der Waals surface area contributed by atoms with E-state index in [4.69, 9.17) is 5.73 Å². The Kier molecular flexibility index (Phi) is 7.62. The van der Waals surface area contributed by atoms with Crippen LogP contribution in [0, 0.1) is 0 Å². The lowest BCUT2D eigenvalue weighted by atomic mass is 10.1. The van der Waals surface area contributed by atoms with Gasteiger partial charge in [-0.1, -0.05) is 36.4 Å². The van der Waals surface area contributed by atoms with E-state index in [0.717, 1.165) is 19.5 Å². The molecule has 0 heterocycles. The summed E-state index contributed by atoms with van der Waals surface area (Å²) >= 11 is 0. The molecule has 0 fully saturated rings. The molecule has 0 aromatic heterocycles. The molecule has 1 rings (SSSR count). The molecule has 0 saturated carbocycles. The summed E-state index contributed by atoms with van der Waals surface area (Å²) in [6.45, 7) is 8.24. The first kappa shape index (κ1) is 16.4. The molecule has 4 nitrogen and oxygen atoms in total. The number of carbonyl (C=O) groups is 1. The van der Waals surface area contributed by atoms with Gasteiger partial charge in [0.1, 0.15) is 0 Å². The lowest BCUT2D eigenvalue weighted by molar-refractivity contribution is -0.125. The van der Waals surface area contributed by atoms with Crippen molar-refractivity contribution in [2.45, 2.75) is 25.9 Å². The van der Waals surface area contributed by atoms with Gasteiger partial charge in [-0.25, -0.2) is 0 Å². The molecule has 0 aliphatic heterocycles. The Morgan fingerprint density at radius 1 is 1.45 bits per heavy atom. The highest BCUT2D eigenvalue weighted by molar-refractivity contribution is 5.81. The molecule has 20 heavy (non-hydrogen) atoms. The van der Waals surface area contributed by atoms with Gasteiger partial charge in [0.15, 0.2) is 0 Å². The molecule has 1 aromatic rings. The fraction of sp³-hybridized carbons (Fsp3) is 0.438. The summed E-state index contributed by atoms with van der Waals surface area (Å²) in [6.07, 6.45) is 2.57. The maximum Gasteiger partial charge on any atom is 0.237 e. The zero-order chi connectivity index (χ0) is 14.8. The average Bonchev–Trinajstić information content (AvgIpc) is 2.49. The summed E-state index contributed by atoms with van der Waals surface area (Å²) in [5, 5.41) is 2.84. The molecule has 4 heteroatoms. The highest BCUT2D eigenvalue weighted by Gasteiger charge is 2.20. The zero-order valence-corrected chi connectivity index (χ0v) is 12.2. The number of benzene rings is 1. The van der Waals surface area contributed by atoms with Gasteiger partial charge in [0.05, 0.1) is 6.04 Å². The standard InChI is InChI=1S/C16H25N3O/c1-3-11-18-16(20)14(2)19(12-7-10-17)13-15-8-5-4-6-9-15/h3-6,8-9,14H,1,7,10-13,17H2,2H3,(H,18,20). The first-order chi connectivity index (χ1) is 9.69. The molecule has 1 atom stereocenters. The Labute approximate surface area is 121 Å². The second-order valence-corrected chi connectivity index (χ2v) is 4.81. The topological polar surface area (TPSA) is 58.4 Å². The minimum absolute atomic E-state index is 0.0258. The number of nitrogens with one attached hydrogen (secondary N) is 1. The molecule has 1 unspecified atom stereocenters. The molecule has 110 valence electrons. The van der Waals surface area contributed by atoms with E-state index in [9.17, 15) is 4.79 Å². The largest absolute Gasteiger partial charge is 0.351 e. The number of carbonyl (C=O) groups excluding carboxylic acids is 1. The molecule has 1 aromatic carbocycles. The monoisotopic (exact) mass is 275 g/mol. The highest BCUT2D eigenvalue weighted by Crippen LogP contribution is 2.09. The number of nitrogens with two attached hydrogens (primary N) is 1. The van der Waals surface area contributed by atoms with Crippen LogP contribution in [0.5, 0.6) is 0 Å². The van der Waals surface area contributed by atoms with Crippen LogP contribution in [0.15, 0.2) is 43.0 Å². The van der Waals surface area contributed by atoms with E-state index < -0.39 is 0 Å². The van der Waals surface area contributed by atoms with E-state index in [1.165, 1.54) is 5.56 Å². The van der Waals surface area contributed by atoms with Crippen molar-refractivity contribution in [1.29, 1.82) is 0 Å². The zero-order valence-electron chi connectivity index (χ0n) is 12.2. The van der Waals surface area contributed by atoms with E-state index in [2.05, 4.69) is 28.9 Å². The first-order valence-electron chi connectivity index (χ1n) is 7.05. The minimum atomic E-state index is -0.179. The van der Waals surface area contributed by atoms with Crippen LogP contribution in [0.3, 0.4) is 0 Å². The summed E-state index contributed by atoms with van der Waals surface area (Å²) in [5.41, 5.74) is 6.79. The van der Waals surface area contributed by atoms with Crippen LogP contribution in [-0.2, 0) is 11.3 Å². The molecule has 3 N–H and O–H groups in total. The van der Waals surface area contributed by atoms with E-state index >= 15 is 0 Å². The SMILES string of the molecule is C=CCNC(=O)C(C)N(CCCN)Cc1ccccc1. The Hall–Kier alpha value is -1.65. The average molecular weight is 275 g/mol.